The van der Waals surface area contributed by atoms with E-state index in [2.05, 4.69) is 23.3 Å². The van der Waals surface area contributed by atoms with E-state index in [1.807, 2.05) is 32.0 Å². The van der Waals surface area contributed by atoms with Gasteiger partial charge in [0, 0.05) is 18.3 Å². The Kier molecular flexibility index (Phi) is 10.9. The van der Waals surface area contributed by atoms with Gasteiger partial charge in [0.25, 0.3) is 0 Å². The molecule has 9 heteroatoms. The number of benzene rings is 1. The molecule has 0 aliphatic heterocycles. The number of amides is 3. The van der Waals surface area contributed by atoms with Crippen molar-refractivity contribution < 1.29 is 24.2 Å². The molecule has 3 amide bonds. The lowest BCUT2D eigenvalue weighted by atomic mass is 9.92. The van der Waals surface area contributed by atoms with E-state index in [0.29, 0.717) is 0 Å². The third-order valence-electron chi connectivity index (χ3n) is 6.12. The molecule has 1 aliphatic rings. The summed E-state index contributed by atoms with van der Waals surface area (Å²) in [7, 11) is 0. The Morgan fingerprint density at radius 1 is 1.14 bits per heavy atom. The van der Waals surface area contributed by atoms with Crippen LogP contribution >= 0.6 is 12.6 Å². The summed E-state index contributed by atoms with van der Waals surface area (Å²) in [5.41, 5.74) is 1.72. The number of hydrogen-bond donors (Lipinski definition) is 4. The molecule has 0 aromatic heterocycles. The molecular weight excluding hydrogens is 466 g/mol. The molecule has 196 valence electrons. The fraction of sp³-hybridized carbons (Fsp3) is 0.654. The molecule has 2 rings (SSSR count). The van der Waals surface area contributed by atoms with Gasteiger partial charge in [-0.1, -0.05) is 37.5 Å². The Morgan fingerprint density at radius 2 is 1.74 bits per heavy atom. The molecule has 0 saturated heterocycles. The summed E-state index contributed by atoms with van der Waals surface area (Å²) in [5, 5.41) is 15.6. The van der Waals surface area contributed by atoms with Crippen molar-refractivity contribution in [2.24, 2.45) is 0 Å². The van der Waals surface area contributed by atoms with Gasteiger partial charge < -0.3 is 25.4 Å². The van der Waals surface area contributed by atoms with E-state index in [9.17, 15) is 19.5 Å². The molecule has 1 aromatic carbocycles. The number of nitrogens with zero attached hydrogens (tertiary/aromatic N) is 1. The van der Waals surface area contributed by atoms with Crippen LogP contribution in [0.5, 0.6) is 0 Å². The molecule has 1 saturated carbocycles. The first-order valence-electron chi connectivity index (χ1n) is 12.4. The van der Waals surface area contributed by atoms with Gasteiger partial charge in [0.2, 0.25) is 11.8 Å². The van der Waals surface area contributed by atoms with Gasteiger partial charge in [0.1, 0.15) is 17.7 Å². The lowest BCUT2D eigenvalue weighted by Crippen LogP contribution is -2.55. The van der Waals surface area contributed by atoms with Crippen LogP contribution in [0, 0.1) is 13.8 Å². The third-order valence-corrected chi connectivity index (χ3v) is 6.49. The Hall–Kier alpha value is -2.26. The van der Waals surface area contributed by atoms with E-state index in [-0.39, 0.29) is 30.9 Å². The van der Waals surface area contributed by atoms with Crippen LogP contribution in [0.25, 0.3) is 0 Å². The number of rotatable bonds is 9. The summed E-state index contributed by atoms with van der Waals surface area (Å²) in [5.74, 6) is -0.790. The van der Waals surface area contributed by atoms with Crippen LogP contribution in [0.2, 0.25) is 0 Å². The second-order valence-corrected chi connectivity index (χ2v) is 10.6. The number of carbonyl (C=O) groups is 3. The fourth-order valence-electron chi connectivity index (χ4n) is 4.52. The summed E-state index contributed by atoms with van der Waals surface area (Å²) in [6.07, 6.45) is 4.32. The predicted octanol–water partition coefficient (Wildman–Crippen LogP) is 3.44. The average Bonchev–Trinajstić information content (AvgIpc) is 2.78. The smallest absolute Gasteiger partial charge is 0.408 e. The van der Waals surface area contributed by atoms with Crippen molar-refractivity contribution in [1.29, 1.82) is 0 Å². The molecule has 2 atom stereocenters. The number of aliphatic hydroxyl groups is 1. The molecule has 0 bridgehead atoms. The topological polar surface area (TPSA) is 108 Å². The first-order chi connectivity index (χ1) is 16.5. The molecule has 1 fully saturated rings. The van der Waals surface area contributed by atoms with Crippen molar-refractivity contribution in [3.63, 3.8) is 0 Å². The maximum atomic E-state index is 13.7. The fourth-order valence-corrected chi connectivity index (χ4v) is 4.77. The van der Waals surface area contributed by atoms with E-state index >= 15 is 0 Å². The minimum Gasteiger partial charge on any atom is -0.444 e. The lowest BCUT2D eigenvalue weighted by Gasteiger charge is -2.36. The van der Waals surface area contributed by atoms with Gasteiger partial charge in [-0.3, -0.25) is 9.59 Å². The standard InChI is InChI=1S/C26H41N3O5S/c1-17-10-9-11-18(2)21(17)22(23(31)27-19-12-7-6-8-13-19)29(14-15-30)24(32)20(16-35)28-25(33)34-26(3,4)5/h9-11,19-20,22,30,35H,6-8,12-16H2,1-5H3,(H,27,31)(H,28,33). The highest BCUT2D eigenvalue weighted by molar-refractivity contribution is 7.80. The molecule has 35 heavy (non-hydrogen) atoms. The Balaban J connectivity index is 2.42. The Labute approximate surface area is 214 Å². The summed E-state index contributed by atoms with van der Waals surface area (Å²) in [6, 6.07) is 3.77. The maximum Gasteiger partial charge on any atom is 0.408 e. The first kappa shape index (κ1) is 29.0. The van der Waals surface area contributed by atoms with Crippen LogP contribution in [0.15, 0.2) is 18.2 Å². The van der Waals surface area contributed by atoms with Crippen LogP contribution in [0.1, 0.15) is 75.6 Å². The predicted molar refractivity (Wildman–Crippen MR) is 139 cm³/mol. The monoisotopic (exact) mass is 507 g/mol. The largest absolute Gasteiger partial charge is 0.444 e. The zero-order valence-electron chi connectivity index (χ0n) is 21.6. The second-order valence-electron chi connectivity index (χ2n) is 10.2. The van der Waals surface area contributed by atoms with Crippen molar-refractivity contribution in [2.75, 3.05) is 18.9 Å². The highest BCUT2D eigenvalue weighted by Gasteiger charge is 2.37. The minimum absolute atomic E-state index is 0.00369. The van der Waals surface area contributed by atoms with Crippen molar-refractivity contribution in [3.05, 3.63) is 34.9 Å². The SMILES string of the molecule is Cc1cccc(C)c1C(C(=O)NC1CCCCC1)N(CCO)C(=O)C(CS)NC(=O)OC(C)(C)C. The van der Waals surface area contributed by atoms with Gasteiger partial charge in [-0.05, 0) is 64.2 Å². The first-order valence-corrected chi connectivity index (χ1v) is 13.0. The maximum absolute atomic E-state index is 13.7. The van der Waals surface area contributed by atoms with Gasteiger partial charge >= 0.3 is 6.09 Å². The number of nitrogens with one attached hydrogen (secondary N) is 2. The third kappa shape index (κ3) is 8.42. The highest BCUT2D eigenvalue weighted by atomic mass is 32.1. The quantitative estimate of drug-likeness (QED) is 0.383. The highest BCUT2D eigenvalue weighted by Crippen LogP contribution is 2.29. The minimum atomic E-state index is -1.03. The van der Waals surface area contributed by atoms with E-state index in [0.717, 1.165) is 48.8 Å². The number of hydrogen-bond acceptors (Lipinski definition) is 6. The Morgan fingerprint density at radius 3 is 2.26 bits per heavy atom. The average molecular weight is 508 g/mol. The molecule has 1 aliphatic carbocycles. The number of aliphatic hydroxyl groups excluding tert-OH is 1. The Bertz CT molecular complexity index is 860. The molecule has 0 heterocycles. The number of ether oxygens (including phenoxy) is 1. The zero-order chi connectivity index (χ0) is 26.2. The van der Waals surface area contributed by atoms with Crippen molar-refractivity contribution >= 4 is 30.5 Å². The number of carbonyl (C=O) groups excluding carboxylic acids is 3. The van der Waals surface area contributed by atoms with Crippen LogP contribution in [0.4, 0.5) is 4.79 Å². The van der Waals surface area contributed by atoms with Crippen LogP contribution < -0.4 is 10.6 Å². The number of alkyl carbamates (subject to hydrolysis) is 1. The van der Waals surface area contributed by atoms with E-state index in [4.69, 9.17) is 4.74 Å². The number of aryl methyl sites for hydroxylation is 2. The van der Waals surface area contributed by atoms with Crippen LogP contribution in [-0.2, 0) is 14.3 Å². The van der Waals surface area contributed by atoms with E-state index in [1.54, 1.807) is 20.8 Å². The molecule has 3 N–H and O–H groups in total. The molecular formula is C26H41N3O5S. The van der Waals surface area contributed by atoms with Gasteiger partial charge in [-0.25, -0.2) is 4.79 Å². The van der Waals surface area contributed by atoms with Gasteiger partial charge in [0.05, 0.1) is 6.61 Å². The summed E-state index contributed by atoms with van der Waals surface area (Å²) in [6.45, 7) is 8.59. The molecule has 2 unspecified atom stereocenters. The molecule has 8 nitrogen and oxygen atoms in total. The summed E-state index contributed by atoms with van der Waals surface area (Å²) >= 11 is 4.28. The normalized spacial score (nSPS) is 16.2. The van der Waals surface area contributed by atoms with Gasteiger partial charge in [0.15, 0.2) is 0 Å². The van der Waals surface area contributed by atoms with E-state index < -0.39 is 29.7 Å². The molecule has 1 aromatic rings. The lowest BCUT2D eigenvalue weighted by molar-refractivity contribution is -0.143. The zero-order valence-corrected chi connectivity index (χ0v) is 22.5. The second kappa shape index (κ2) is 13.2. The van der Waals surface area contributed by atoms with Crippen LogP contribution in [-0.4, -0.2) is 64.5 Å². The molecule has 0 spiro atoms. The van der Waals surface area contributed by atoms with Crippen molar-refractivity contribution in [1.82, 2.24) is 15.5 Å². The number of thiol groups is 1. The summed E-state index contributed by atoms with van der Waals surface area (Å²) < 4.78 is 5.31. The molecule has 0 radical (unpaired) electrons. The van der Waals surface area contributed by atoms with Gasteiger partial charge in [-0.15, -0.1) is 0 Å². The van der Waals surface area contributed by atoms with Gasteiger partial charge in [-0.2, -0.15) is 12.6 Å². The van der Waals surface area contributed by atoms with E-state index in [1.165, 1.54) is 4.90 Å². The summed E-state index contributed by atoms with van der Waals surface area (Å²) in [4.78, 5) is 41.2. The van der Waals surface area contributed by atoms with Crippen molar-refractivity contribution in [3.8, 4) is 0 Å². The van der Waals surface area contributed by atoms with Crippen LogP contribution in [0.3, 0.4) is 0 Å². The van der Waals surface area contributed by atoms with Crippen molar-refractivity contribution in [2.45, 2.75) is 90.4 Å².